The van der Waals surface area contributed by atoms with Crippen molar-refractivity contribution in [3.05, 3.63) is 80.4 Å². The van der Waals surface area contributed by atoms with Gasteiger partial charge in [0.1, 0.15) is 17.3 Å². The third-order valence-electron chi connectivity index (χ3n) is 4.78. The lowest BCUT2D eigenvalue weighted by Crippen LogP contribution is -2.19. The van der Waals surface area contributed by atoms with Crippen LogP contribution < -0.4 is 10.1 Å². The average molecular weight is 449 g/mol. The van der Waals surface area contributed by atoms with Crippen molar-refractivity contribution in [3.63, 3.8) is 0 Å². The van der Waals surface area contributed by atoms with Gasteiger partial charge in [-0.25, -0.2) is 4.99 Å². The second kappa shape index (κ2) is 8.72. The Bertz CT molecular complexity index is 1290. The van der Waals surface area contributed by atoms with Crippen LogP contribution in [0.3, 0.4) is 0 Å². The molecule has 4 rings (SSSR count). The lowest BCUT2D eigenvalue weighted by molar-refractivity contribution is -0.384. The smallest absolute Gasteiger partial charge is 0.270 e. The van der Waals surface area contributed by atoms with Crippen LogP contribution in [0, 0.1) is 24.0 Å². The summed E-state index contributed by atoms with van der Waals surface area (Å²) in [7, 11) is 1.48. The summed E-state index contributed by atoms with van der Waals surface area (Å²) in [5, 5.41) is 14.4. The van der Waals surface area contributed by atoms with E-state index in [1.165, 1.54) is 37.1 Å². The van der Waals surface area contributed by atoms with Crippen molar-refractivity contribution in [1.29, 1.82) is 0 Å². The second-order valence-electron chi connectivity index (χ2n) is 7.12. The van der Waals surface area contributed by atoms with Gasteiger partial charge in [-0.05, 0) is 55.4 Å². The van der Waals surface area contributed by atoms with Crippen molar-refractivity contribution >= 4 is 40.3 Å². The minimum Gasteiger partial charge on any atom is -0.496 e. The highest BCUT2D eigenvalue weighted by Crippen LogP contribution is 2.36. The van der Waals surface area contributed by atoms with Crippen molar-refractivity contribution < 1.29 is 18.9 Å². The number of amidine groups is 1. The van der Waals surface area contributed by atoms with Gasteiger partial charge in [-0.3, -0.25) is 14.9 Å². The fraction of sp³-hybridized carbons (Fsp3) is 0.130. The lowest BCUT2D eigenvalue weighted by atomic mass is 10.1. The maximum Gasteiger partial charge on any atom is 0.270 e. The number of nitro benzene ring substituents is 1. The molecule has 0 atom stereocenters. The largest absolute Gasteiger partial charge is 0.496 e. The maximum atomic E-state index is 12.4. The van der Waals surface area contributed by atoms with E-state index in [2.05, 4.69) is 10.3 Å². The molecule has 9 heteroatoms. The van der Waals surface area contributed by atoms with E-state index in [0.29, 0.717) is 32.9 Å². The summed E-state index contributed by atoms with van der Waals surface area (Å²) in [5.74, 6) is 0.994. The molecule has 3 aromatic rings. The number of nitro groups is 1. The molecule has 1 aliphatic rings. The number of aliphatic imine (C=N–C) groups is 1. The third kappa shape index (κ3) is 4.42. The summed E-state index contributed by atoms with van der Waals surface area (Å²) in [6.07, 6.45) is 1.61. The molecular weight excluding hydrogens is 430 g/mol. The highest BCUT2D eigenvalue weighted by Gasteiger charge is 2.25. The van der Waals surface area contributed by atoms with E-state index in [1.807, 2.05) is 32.0 Å². The van der Waals surface area contributed by atoms with Gasteiger partial charge >= 0.3 is 0 Å². The van der Waals surface area contributed by atoms with Crippen LogP contribution in [0.4, 0.5) is 11.4 Å². The number of ether oxygens (including phenoxy) is 1. The summed E-state index contributed by atoms with van der Waals surface area (Å²) in [4.78, 5) is 28.0. The van der Waals surface area contributed by atoms with Crippen LogP contribution in [0.15, 0.2) is 62.8 Å². The van der Waals surface area contributed by atoms with E-state index in [0.717, 1.165) is 16.8 Å². The fourth-order valence-electron chi connectivity index (χ4n) is 3.23. The molecule has 1 saturated heterocycles. The van der Waals surface area contributed by atoms with Gasteiger partial charge in [-0.15, -0.1) is 0 Å². The number of nitrogens with zero attached hydrogens (tertiary/aromatic N) is 2. The second-order valence-corrected chi connectivity index (χ2v) is 8.15. The van der Waals surface area contributed by atoms with E-state index >= 15 is 0 Å². The number of aryl methyl sites for hydroxylation is 2. The third-order valence-corrected chi connectivity index (χ3v) is 5.69. The number of thioether (sulfide) groups is 1. The average Bonchev–Trinajstić information content (AvgIpc) is 3.36. The topological polar surface area (TPSA) is 107 Å². The van der Waals surface area contributed by atoms with Gasteiger partial charge in [0, 0.05) is 18.2 Å². The summed E-state index contributed by atoms with van der Waals surface area (Å²) in [6, 6.07) is 13.6. The van der Waals surface area contributed by atoms with E-state index in [1.54, 1.807) is 18.2 Å². The van der Waals surface area contributed by atoms with Crippen LogP contribution >= 0.6 is 11.8 Å². The van der Waals surface area contributed by atoms with Crippen LogP contribution in [0.5, 0.6) is 5.75 Å². The number of non-ortho nitro benzene ring substituents is 1. The molecule has 1 fully saturated rings. The standard InChI is InChI=1S/C23H19N3O5S/c1-13-4-7-18(14(2)10-13)24-23-25-22(27)21(32-23)12-16-6-9-20(31-16)17-11-15(26(28)29)5-8-19(17)30-3/h4-12H,1-3H3,(H,24,25,27)/b21-12-. The molecule has 2 heterocycles. The SMILES string of the molecule is COc1ccc([N+](=O)[O-])cc1-c1ccc(/C=C2\SC(=Nc3ccc(C)cc3C)NC2=O)o1. The van der Waals surface area contributed by atoms with Crippen LogP contribution in [0.2, 0.25) is 0 Å². The van der Waals surface area contributed by atoms with Gasteiger partial charge in [-0.2, -0.15) is 0 Å². The Labute approximate surface area is 188 Å². The molecular formula is C23H19N3O5S. The Hall–Kier alpha value is -3.85. The first-order valence-corrected chi connectivity index (χ1v) is 10.4. The number of amides is 1. The Kier molecular flexibility index (Phi) is 5.83. The quantitative estimate of drug-likeness (QED) is 0.319. The van der Waals surface area contributed by atoms with Crippen molar-refractivity contribution in [3.8, 4) is 17.1 Å². The summed E-state index contributed by atoms with van der Waals surface area (Å²) >= 11 is 1.22. The zero-order chi connectivity index (χ0) is 22.8. The number of benzene rings is 2. The summed E-state index contributed by atoms with van der Waals surface area (Å²) < 4.78 is 11.1. The number of furan rings is 1. The van der Waals surface area contributed by atoms with Crippen molar-refractivity contribution in [2.45, 2.75) is 13.8 Å². The number of carbonyl (C=O) groups is 1. The Morgan fingerprint density at radius 3 is 2.69 bits per heavy atom. The van der Waals surface area contributed by atoms with Crippen molar-refractivity contribution in [2.75, 3.05) is 7.11 Å². The molecule has 32 heavy (non-hydrogen) atoms. The van der Waals surface area contributed by atoms with Gasteiger partial charge < -0.3 is 14.5 Å². The molecule has 0 spiro atoms. The fourth-order valence-corrected chi connectivity index (χ4v) is 4.04. The molecule has 2 aromatic carbocycles. The first kappa shape index (κ1) is 21.4. The van der Waals surface area contributed by atoms with Gasteiger partial charge in [0.25, 0.3) is 11.6 Å². The van der Waals surface area contributed by atoms with Gasteiger partial charge in [-0.1, -0.05) is 17.7 Å². The molecule has 1 aromatic heterocycles. The minimum absolute atomic E-state index is 0.0740. The van der Waals surface area contributed by atoms with E-state index in [9.17, 15) is 14.9 Å². The van der Waals surface area contributed by atoms with Gasteiger partial charge in [0.15, 0.2) is 5.17 Å². The van der Waals surface area contributed by atoms with E-state index in [4.69, 9.17) is 9.15 Å². The highest BCUT2D eigenvalue weighted by molar-refractivity contribution is 8.18. The maximum absolute atomic E-state index is 12.4. The number of hydrogen-bond donors (Lipinski definition) is 1. The molecule has 1 amide bonds. The zero-order valence-corrected chi connectivity index (χ0v) is 18.4. The number of methoxy groups -OCH3 is 1. The molecule has 0 radical (unpaired) electrons. The van der Waals surface area contributed by atoms with Gasteiger partial charge in [0.05, 0.1) is 28.2 Å². The minimum atomic E-state index is -0.481. The summed E-state index contributed by atoms with van der Waals surface area (Å²) in [6.45, 7) is 3.98. The molecule has 0 saturated carbocycles. The molecule has 0 bridgehead atoms. The van der Waals surface area contributed by atoms with Crippen LogP contribution in [-0.4, -0.2) is 23.1 Å². The van der Waals surface area contributed by atoms with Crippen LogP contribution in [0.25, 0.3) is 17.4 Å². The number of nitrogens with one attached hydrogen (secondary N) is 1. The van der Waals surface area contributed by atoms with E-state index < -0.39 is 4.92 Å². The molecule has 162 valence electrons. The predicted octanol–water partition coefficient (Wildman–Crippen LogP) is 5.37. The van der Waals surface area contributed by atoms with Gasteiger partial charge in [0.2, 0.25) is 0 Å². The Morgan fingerprint density at radius 2 is 1.97 bits per heavy atom. The zero-order valence-electron chi connectivity index (χ0n) is 17.5. The number of hydrogen-bond acceptors (Lipinski definition) is 7. The lowest BCUT2D eigenvalue weighted by Gasteiger charge is -2.05. The highest BCUT2D eigenvalue weighted by atomic mass is 32.2. The normalized spacial score (nSPS) is 15.9. The van der Waals surface area contributed by atoms with Crippen LogP contribution in [-0.2, 0) is 4.79 Å². The Morgan fingerprint density at radius 1 is 1.16 bits per heavy atom. The van der Waals surface area contributed by atoms with E-state index in [-0.39, 0.29) is 11.6 Å². The van der Waals surface area contributed by atoms with Crippen molar-refractivity contribution in [1.82, 2.24) is 5.32 Å². The molecule has 1 aliphatic heterocycles. The molecule has 8 nitrogen and oxygen atoms in total. The molecule has 0 unspecified atom stereocenters. The Balaban J connectivity index is 1.60. The van der Waals surface area contributed by atoms with Crippen LogP contribution in [0.1, 0.15) is 16.9 Å². The first-order chi connectivity index (χ1) is 15.3. The first-order valence-electron chi connectivity index (χ1n) is 9.63. The number of rotatable bonds is 5. The molecule has 1 N–H and O–H groups in total. The number of carbonyl (C=O) groups excluding carboxylic acids is 1. The molecule has 0 aliphatic carbocycles. The predicted molar refractivity (Wildman–Crippen MR) is 124 cm³/mol. The monoisotopic (exact) mass is 449 g/mol. The summed E-state index contributed by atoms with van der Waals surface area (Å²) in [5.41, 5.74) is 3.33. The van der Waals surface area contributed by atoms with Crippen molar-refractivity contribution in [2.24, 2.45) is 4.99 Å².